The standard InChI is InChI=1S/C23H25FN4O2/c24-20-6-4-17(5-7-20)12-18-8-10-27(11-9-18)15-22(29)16-28(23(26)30)21-3-1-2-19(13-21)14-25/h1-7,13,18H,8-12,15-16H2,(H2,26,30). The van der Waals surface area contributed by atoms with Gasteiger partial charge in [-0.3, -0.25) is 14.6 Å². The SMILES string of the molecule is N#Cc1cccc(N(CC(=O)CN2CCC(Cc3ccc(F)cc3)CC2)C(N)=O)c1. The smallest absolute Gasteiger partial charge is 0.319 e. The Kier molecular flexibility index (Phi) is 7.15. The Morgan fingerprint density at radius 3 is 2.50 bits per heavy atom. The second-order valence-electron chi connectivity index (χ2n) is 7.68. The maximum absolute atomic E-state index is 13.0. The minimum Gasteiger partial charge on any atom is -0.351 e. The number of likely N-dealkylation sites (tertiary alicyclic amines) is 1. The monoisotopic (exact) mass is 408 g/mol. The molecule has 2 aromatic rings. The second-order valence-corrected chi connectivity index (χ2v) is 7.68. The first kappa shape index (κ1) is 21.5. The van der Waals surface area contributed by atoms with Crippen LogP contribution in [0.3, 0.4) is 0 Å². The molecule has 6 nitrogen and oxygen atoms in total. The second kappa shape index (κ2) is 9.99. The van der Waals surface area contributed by atoms with Gasteiger partial charge in [-0.25, -0.2) is 9.18 Å². The third kappa shape index (κ3) is 5.88. The molecular formula is C23H25FN4O2. The summed E-state index contributed by atoms with van der Waals surface area (Å²) < 4.78 is 13.0. The zero-order valence-electron chi connectivity index (χ0n) is 16.8. The van der Waals surface area contributed by atoms with Crippen molar-refractivity contribution in [2.75, 3.05) is 31.1 Å². The number of nitriles is 1. The summed E-state index contributed by atoms with van der Waals surface area (Å²) in [5.74, 6) is 0.183. The fourth-order valence-corrected chi connectivity index (χ4v) is 3.82. The molecule has 156 valence electrons. The molecule has 1 aliphatic heterocycles. The Morgan fingerprint density at radius 1 is 1.17 bits per heavy atom. The van der Waals surface area contributed by atoms with Gasteiger partial charge < -0.3 is 5.73 Å². The van der Waals surface area contributed by atoms with E-state index >= 15 is 0 Å². The highest BCUT2D eigenvalue weighted by Gasteiger charge is 2.23. The van der Waals surface area contributed by atoms with E-state index < -0.39 is 6.03 Å². The lowest BCUT2D eigenvalue weighted by Crippen LogP contribution is -2.44. The molecule has 0 aliphatic carbocycles. The molecule has 3 rings (SSSR count). The third-order valence-electron chi connectivity index (χ3n) is 5.43. The highest BCUT2D eigenvalue weighted by Crippen LogP contribution is 2.22. The number of Topliss-reactive ketones (excluding diaryl/α,β-unsaturated/α-hetero) is 1. The molecule has 2 amide bonds. The van der Waals surface area contributed by atoms with Crippen LogP contribution in [-0.4, -0.2) is 42.9 Å². The number of hydrogen-bond acceptors (Lipinski definition) is 4. The summed E-state index contributed by atoms with van der Waals surface area (Å²) in [6.07, 6.45) is 2.84. The van der Waals surface area contributed by atoms with Crippen molar-refractivity contribution in [3.8, 4) is 6.07 Å². The molecule has 0 radical (unpaired) electrons. The van der Waals surface area contributed by atoms with E-state index in [2.05, 4.69) is 4.90 Å². The highest BCUT2D eigenvalue weighted by atomic mass is 19.1. The predicted molar refractivity (Wildman–Crippen MR) is 112 cm³/mol. The summed E-state index contributed by atoms with van der Waals surface area (Å²) in [7, 11) is 0. The van der Waals surface area contributed by atoms with Gasteiger partial charge in [-0.2, -0.15) is 5.26 Å². The zero-order valence-corrected chi connectivity index (χ0v) is 16.8. The van der Waals surface area contributed by atoms with Crippen LogP contribution >= 0.6 is 0 Å². The van der Waals surface area contributed by atoms with Crippen LogP contribution in [0.4, 0.5) is 14.9 Å². The fourth-order valence-electron chi connectivity index (χ4n) is 3.82. The quantitative estimate of drug-likeness (QED) is 0.762. The zero-order chi connectivity index (χ0) is 21.5. The molecule has 0 atom stereocenters. The van der Waals surface area contributed by atoms with Gasteiger partial charge in [-0.05, 0) is 74.2 Å². The van der Waals surface area contributed by atoms with Crippen LogP contribution in [0.5, 0.6) is 0 Å². The van der Waals surface area contributed by atoms with Gasteiger partial charge in [-0.15, -0.1) is 0 Å². The summed E-state index contributed by atoms with van der Waals surface area (Å²) in [6, 6.07) is 14.4. The fraction of sp³-hybridized carbons (Fsp3) is 0.348. The summed E-state index contributed by atoms with van der Waals surface area (Å²) in [6.45, 7) is 1.74. The van der Waals surface area contributed by atoms with Crippen LogP contribution in [0.1, 0.15) is 24.0 Å². The summed E-state index contributed by atoms with van der Waals surface area (Å²) in [4.78, 5) is 27.7. The molecule has 0 bridgehead atoms. The van der Waals surface area contributed by atoms with Crippen molar-refractivity contribution >= 4 is 17.5 Å². The molecule has 0 saturated carbocycles. The van der Waals surface area contributed by atoms with Gasteiger partial charge >= 0.3 is 6.03 Å². The topological polar surface area (TPSA) is 90.4 Å². The van der Waals surface area contributed by atoms with Crippen LogP contribution in [0.2, 0.25) is 0 Å². The molecule has 0 unspecified atom stereocenters. The van der Waals surface area contributed by atoms with Crippen molar-refractivity contribution in [1.29, 1.82) is 5.26 Å². The molecule has 1 aliphatic rings. The first-order valence-corrected chi connectivity index (χ1v) is 10.00. The number of halogens is 1. The number of rotatable bonds is 7. The first-order valence-electron chi connectivity index (χ1n) is 10.00. The average Bonchev–Trinajstić information content (AvgIpc) is 2.75. The number of benzene rings is 2. The van der Waals surface area contributed by atoms with E-state index in [9.17, 15) is 14.0 Å². The van der Waals surface area contributed by atoms with Gasteiger partial charge in [0.1, 0.15) is 5.82 Å². The number of ketones is 1. The van der Waals surface area contributed by atoms with Crippen LogP contribution in [0.15, 0.2) is 48.5 Å². The minimum absolute atomic E-state index is 0.104. The Hall–Kier alpha value is -3.24. The average molecular weight is 408 g/mol. The third-order valence-corrected chi connectivity index (χ3v) is 5.43. The van der Waals surface area contributed by atoms with Crippen LogP contribution in [0, 0.1) is 23.1 Å². The van der Waals surface area contributed by atoms with Crippen LogP contribution in [0.25, 0.3) is 0 Å². The number of piperidine rings is 1. The number of nitrogens with two attached hydrogens (primary N) is 1. The van der Waals surface area contributed by atoms with Crippen molar-refractivity contribution in [3.05, 3.63) is 65.5 Å². The van der Waals surface area contributed by atoms with Crippen LogP contribution in [-0.2, 0) is 11.2 Å². The van der Waals surface area contributed by atoms with E-state index in [1.807, 2.05) is 18.2 Å². The van der Waals surface area contributed by atoms with E-state index in [0.29, 0.717) is 17.2 Å². The van der Waals surface area contributed by atoms with Gasteiger partial charge in [-0.1, -0.05) is 18.2 Å². The highest BCUT2D eigenvalue weighted by molar-refractivity contribution is 5.98. The lowest BCUT2D eigenvalue weighted by atomic mass is 9.90. The predicted octanol–water partition coefficient (Wildman–Crippen LogP) is 3.11. The lowest BCUT2D eigenvalue weighted by Gasteiger charge is -2.32. The summed E-state index contributed by atoms with van der Waals surface area (Å²) in [5, 5.41) is 9.03. The number of urea groups is 1. The molecule has 2 aromatic carbocycles. The van der Waals surface area contributed by atoms with Crippen molar-refractivity contribution in [3.63, 3.8) is 0 Å². The van der Waals surface area contributed by atoms with E-state index in [-0.39, 0.29) is 24.7 Å². The molecule has 1 heterocycles. The number of amides is 2. The van der Waals surface area contributed by atoms with Crippen molar-refractivity contribution in [1.82, 2.24) is 4.90 Å². The van der Waals surface area contributed by atoms with E-state index in [1.54, 1.807) is 24.3 Å². The van der Waals surface area contributed by atoms with Crippen molar-refractivity contribution < 1.29 is 14.0 Å². The molecule has 0 aromatic heterocycles. The van der Waals surface area contributed by atoms with Crippen LogP contribution < -0.4 is 10.6 Å². The molecule has 1 fully saturated rings. The van der Waals surface area contributed by atoms with Gasteiger partial charge in [0.25, 0.3) is 0 Å². The lowest BCUT2D eigenvalue weighted by molar-refractivity contribution is -0.119. The van der Waals surface area contributed by atoms with Crippen molar-refractivity contribution in [2.45, 2.75) is 19.3 Å². The van der Waals surface area contributed by atoms with Gasteiger partial charge in [0.15, 0.2) is 5.78 Å². The Labute approximate surface area is 175 Å². The van der Waals surface area contributed by atoms with Crippen molar-refractivity contribution in [2.24, 2.45) is 11.7 Å². The Balaban J connectivity index is 1.50. The Bertz CT molecular complexity index is 931. The maximum atomic E-state index is 13.0. The number of nitrogens with zero attached hydrogens (tertiary/aromatic N) is 3. The number of carbonyl (C=O) groups excluding carboxylic acids is 2. The number of anilines is 1. The number of carbonyl (C=O) groups is 2. The van der Waals surface area contributed by atoms with E-state index in [0.717, 1.165) is 37.9 Å². The largest absolute Gasteiger partial charge is 0.351 e. The molecule has 2 N–H and O–H groups in total. The normalized spacial score (nSPS) is 14.8. The molecule has 1 saturated heterocycles. The number of primary amides is 1. The van der Waals surface area contributed by atoms with Gasteiger partial charge in [0, 0.05) is 5.69 Å². The molecule has 30 heavy (non-hydrogen) atoms. The molecule has 7 heteroatoms. The first-order chi connectivity index (χ1) is 14.4. The van der Waals surface area contributed by atoms with E-state index in [4.69, 9.17) is 11.0 Å². The minimum atomic E-state index is -0.726. The Morgan fingerprint density at radius 2 is 1.87 bits per heavy atom. The number of hydrogen-bond donors (Lipinski definition) is 1. The summed E-state index contributed by atoms with van der Waals surface area (Å²) in [5.41, 5.74) is 7.42. The van der Waals surface area contributed by atoms with Gasteiger partial charge in [0.2, 0.25) is 0 Å². The molecule has 0 spiro atoms. The van der Waals surface area contributed by atoms with Gasteiger partial charge in [0.05, 0.1) is 24.7 Å². The maximum Gasteiger partial charge on any atom is 0.319 e. The summed E-state index contributed by atoms with van der Waals surface area (Å²) >= 11 is 0. The van der Waals surface area contributed by atoms with E-state index in [1.165, 1.54) is 17.0 Å². The molecular weight excluding hydrogens is 383 g/mol.